The summed E-state index contributed by atoms with van der Waals surface area (Å²) in [6.07, 6.45) is 0. The molecule has 0 saturated heterocycles. The van der Waals surface area contributed by atoms with E-state index in [1.165, 1.54) is 0 Å². The molecule has 122 valence electrons. The molecule has 0 aliphatic carbocycles. The number of amides is 1. The van der Waals surface area contributed by atoms with Crippen molar-refractivity contribution in [1.82, 2.24) is 4.90 Å². The van der Waals surface area contributed by atoms with Crippen LogP contribution in [0.1, 0.15) is 11.6 Å². The van der Waals surface area contributed by atoms with Gasteiger partial charge in [-0.15, -0.1) is 0 Å². The van der Waals surface area contributed by atoms with Crippen LogP contribution >= 0.6 is 0 Å². The quantitative estimate of drug-likeness (QED) is 0.890. The first kappa shape index (κ1) is 16.7. The number of nitrogens with one attached hydrogen (secondary N) is 1. The Balaban J connectivity index is 2.37. The molecule has 2 aromatic carbocycles. The maximum absolute atomic E-state index is 12.6. The summed E-state index contributed by atoms with van der Waals surface area (Å²) in [5.41, 5.74) is 1.63. The van der Waals surface area contributed by atoms with Crippen LogP contribution in [0.5, 0.6) is 11.5 Å². The molecule has 0 aliphatic heterocycles. The van der Waals surface area contributed by atoms with Gasteiger partial charge in [0, 0.05) is 20.2 Å². The highest BCUT2D eigenvalue weighted by molar-refractivity contribution is 5.86. The number of anilines is 1. The first-order valence-corrected chi connectivity index (χ1v) is 7.31. The van der Waals surface area contributed by atoms with Gasteiger partial charge in [-0.1, -0.05) is 30.3 Å². The molecule has 0 aliphatic rings. The van der Waals surface area contributed by atoms with E-state index in [0.717, 1.165) is 11.3 Å². The standard InChI is InChI=1S/C18H22N2O3/c1-20(2)18(21)17(13-8-6-5-7-9-13)19-15-11-10-14(22-3)12-16(15)23-4/h5-12,17,19H,1-4H3. The molecule has 0 aromatic heterocycles. The Kier molecular flexibility index (Phi) is 5.46. The molecule has 1 unspecified atom stereocenters. The highest BCUT2D eigenvalue weighted by Crippen LogP contribution is 2.32. The van der Waals surface area contributed by atoms with Crippen molar-refractivity contribution in [1.29, 1.82) is 0 Å². The van der Waals surface area contributed by atoms with E-state index in [1.807, 2.05) is 42.5 Å². The van der Waals surface area contributed by atoms with Gasteiger partial charge in [0.25, 0.3) is 0 Å². The van der Waals surface area contributed by atoms with Crippen LogP contribution in [0.4, 0.5) is 5.69 Å². The number of methoxy groups -OCH3 is 2. The second-order valence-corrected chi connectivity index (χ2v) is 5.29. The molecule has 0 spiro atoms. The summed E-state index contributed by atoms with van der Waals surface area (Å²) in [5, 5.41) is 3.28. The van der Waals surface area contributed by atoms with E-state index in [2.05, 4.69) is 5.32 Å². The second kappa shape index (κ2) is 7.54. The predicted molar refractivity (Wildman–Crippen MR) is 91.0 cm³/mol. The van der Waals surface area contributed by atoms with E-state index < -0.39 is 6.04 Å². The lowest BCUT2D eigenvalue weighted by Crippen LogP contribution is -2.32. The maximum Gasteiger partial charge on any atom is 0.249 e. The normalized spacial score (nSPS) is 11.5. The topological polar surface area (TPSA) is 50.8 Å². The van der Waals surface area contributed by atoms with Crippen molar-refractivity contribution in [3.05, 3.63) is 54.1 Å². The highest BCUT2D eigenvalue weighted by atomic mass is 16.5. The Labute approximate surface area is 136 Å². The van der Waals surface area contributed by atoms with Gasteiger partial charge in [0.05, 0.1) is 19.9 Å². The van der Waals surface area contributed by atoms with Gasteiger partial charge < -0.3 is 19.7 Å². The minimum Gasteiger partial charge on any atom is -0.497 e. The molecule has 2 aromatic rings. The molecule has 1 amide bonds. The summed E-state index contributed by atoms with van der Waals surface area (Å²) in [6.45, 7) is 0. The van der Waals surface area contributed by atoms with Crippen molar-refractivity contribution < 1.29 is 14.3 Å². The zero-order valence-corrected chi connectivity index (χ0v) is 13.9. The van der Waals surface area contributed by atoms with Crippen molar-refractivity contribution in [2.24, 2.45) is 0 Å². The van der Waals surface area contributed by atoms with Crippen molar-refractivity contribution in [2.75, 3.05) is 33.6 Å². The van der Waals surface area contributed by atoms with E-state index in [-0.39, 0.29) is 5.91 Å². The minimum atomic E-state index is -0.492. The molecule has 23 heavy (non-hydrogen) atoms. The number of hydrogen-bond donors (Lipinski definition) is 1. The Morgan fingerprint density at radius 1 is 1.04 bits per heavy atom. The number of hydrogen-bond acceptors (Lipinski definition) is 4. The Bertz CT molecular complexity index is 657. The molecule has 0 radical (unpaired) electrons. The molecule has 1 N–H and O–H groups in total. The lowest BCUT2D eigenvalue weighted by atomic mass is 10.1. The number of rotatable bonds is 6. The summed E-state index contributed by atoms with van der Waals surface area (Å²) in [6, 6.07) is 14.6. The van der Waals surface area contributed by atoms with Crippen molar-refractivity contribution in [3.63, 3.8) is 0 Å². The molecule has 2 rings (SSSR count). The van der Waals surface area contributed by atoms with E-state index in [9.17, 15) is 4.79 Å². The average Bonchev–Trinajstić information content (AvgIpc) is 2.59. The number of benzene rings is 2. The second-order valence-electron chi connectivity index (χ2n) is 5.29. The van der Waals surface area contributed by atoms with Crippen LogP contribution < -0.4 is 14.8 Å². The van der Waals surface area contributed by atoms with Gasteiger partial charge in [-0.3, -0.25) is 4.79 Å². The fraction of sp³-hybridized carbons (Fsp3) is 0.278. The molecule has 0 saturated carbocycles. The van der Waals surface area contributed by atoms with Crippen LogP contribution in [0.3, 0.4) is 0 Å². The van der Waals surface area contributed by atoms with E-state index >= 15 is 0 Å². The van der Waals surface area contributed by atoms with Gasteiger partial charge in [-0.05, 0) is 17.7 Å². The van der Waals surface area contributed by atoms with Crippen molar-refractivity contribution in [2.45, 2.75) is 6.04 Å². The van der Waals surface area contributed by atoms with E-state index in [1.54, 1.807) is 39.3 Å². The third kappa shape index (κ3) is 3.94. The lowest BCUT2D eigenvalue weighted by Gasteiger charge is -2.24. The number of likely N-dealkylation sites (N-methyl/N-ethyl adjacent to an activating group) is 1. The van der Waals surface area contributed by atoms with Crippen LogP contribution in [0.2, 0.25) is 0 Å². The highest BCUT2D eigenvalue weighted by Gasteiger charge is 2.23. The summed E-state index contributed by atoms with van der Waals surface area (Å²) in [5.74, 6) is 1.29. The predicted octanol–water partition coefficient (Wildman–Crippen LogP) is 2.95. The van der Waals surface area contributed by atoms with Gasteiger partial charge in [-0.2, -0.15) is 0 Å². The van der Waals surface area contributed by atoms with Crippen LogP contribution in [0.15, 0.2) is 48.5 Å². The summed E-state index contributed by atoms with van der Waals surface area (Å²) in [4.78, 5) is 14.1. The Hall–Kier alpha value is -2.69. The van der Waals surface area contributed by atoms with Crippen LogP contribution in [0.25, 0.3) is 0 Å². The Morgan fingerprint density at radius 3 is 2.30 bits per heavy atom. The minimum absolute atomic E-state index is 0.0333. The summed E-state index contributed by atoms with van der Waals surface area (Å²) >= 11 is 0. The van der Waals surface area contributed by atoms with Gasteiger partial charge in [0.15, 0.2) is 0 Å². The fourth-order valence-corrected chi connectivity index (χ4v) is 2.26. The van der Waals surface area contributed by atoms with Gasteiger partial charge >= 0.3 is 0 Å². The molecule has 0 bridgehead atoms. The molecule has 1 atom stereocenters. The first-order valence-electron chi connectivity index (χ1n) is 7.31. The maximum atomic E-state index is 12.6. The van der Waals surface area contributed by atoms with Crippen molar-refractivity contribution >= 4 is 11.6 Å². The largest absolute Gasteiger partial charge is 0.497 e. The molecule has 5 heteroatoms. The molecule has 0 heterocycles. The molecule has 0 fully saturated rings. The van der Waals surface area contributed by atoms with E-state index in [0.29, 0.717) is 11.5 Å². The smallest absolute Gasteiger partial charge is 0.249 e. The average molecular weight is 314 g/mol. The Morgan fingerprint density at radius 2 is 1.74 bits per heavy atom. The van der Waals surface area contributed by atoms with Crippen LogP contribution in [0, 0.1) is 0 Å². The SMILES string of the molecule is COc1ccc(NC(C(=O)N(C)C)c2ccccc2)c(OC)c1. The number of nitrogens with zero attached hydrogens (tertiary/aromatic N) is 1. The molecule has 5 nitrogen and oxygen atoms in total. The third-order valence-corrected chi connectivity index (χ3v) is 3.53. The number of carbonyl (C=O) groups is 1. The van der Waals surface area contributed by atoms with E-state index in [4.69, 9.17) is 9.47 Å². The molecular formula is C18H22N2O3. The monoisotopic (exact) mass is 314 g/mol. The van der Waals surface area contributed by atoms with Crippen molar-refractivity contribution in [3.8, 4) is 11.5 Å². The fourth-order valence-electron chi connectivity index (χ4n) is 2.26. The van der Waals surface area contributed by atoms with Gasteiger partial charge in [0.2, 0.25) is 5.91 Å². The summed E-state index contributed by atoms with van der Waals surface area (Å²) in [7, 11) is 6.67. The number of ether oxygens (including phenoxy) is 2. The zero-order valence-electron chi connectivity index (χ0n) is 13.9. The van der Waals surface area contributed by atoms with Crippen LogP contribution in [-0.4, -0.2) is 39.1 Å². The third-order valence-electron chi connectivity index (χ3n) is 3.53. The molecular weight excluding hydrogens is 292 g/mol. The van der Waals surface area contributed by atoms with Gasteiger partial charge in [-0.25, -0.2) is 0 Å². The number of carbonyl (C=O) groups excluding carboxylic acids is 1. The lowest BCUT2D eigenvalue weighted by molar-refractivity contribution is -0.129. The van der Waals surface area contributed by atoms with Crippen LogP contribution in [-0.2, 0) is 4.79 Å². The summed E-state index contributed by atoms with van der Waals surface area (Å²) < 4.78 is 10.6. The first-order chi connectivity index (χ1) is 11.1. The zero-order chi connectivity index (χ0) is 16.8. The van der Waals surface area contributed by atoms with Gasteiger partial charge in [0.1, 0.15) is 17.5 Å².